The molecular weight excluding hydrogens is 294 g/mol. The van der Waals surface area contributed by atoms with Crippen molar-refractivity contribution in [2.45, 2.75) is 58.3 Å². The average molecular weight is 321 g/mol. The highest BCUT2D eigenvalue weighted by Crippen LogP contribution is 2.24. The van der Waals surface area contributed by atoms with Gasteiger partial charge < -0.3 is 9.64 Å². The molecule has 1 atom stereocenters. The lowest BCUT2D eigenvalue weighted by atomic mass is 9.93. The first-order chi connectivity index (χ1) is 11.1. The third-order valence-corrected chi connectivity index (χ3v) is 4.42. The third kappa shape index (κ3) is 3.92. The molecule has 0 bridgehead atoms. The van der Waals surface area contributed by atoms with Crippen LogP contribution >= 0.6 is 0 Å². The highest BCUT2D eigenvalue weighted by molar-refractivity contribution is 5.78. The van der Waals surface area contributed by atoms with Crippen molar-refractivity contribution in [1.82, 2.24) is 9.97 Å². The van der Waals surface area contributed by atoms with E-state index in [9.17, 15) is 9.59 Å². The van der Waals surface area contributed by atoms with Gasteiger partial charge in [0.25, 0.3) is 5.56 Å². The number of anilines is 1. The number of piperidine rings is 1. The molecule has 23 heavy (non-hydrogen) atoms. The quantitative estimate of drug-likeness (QED) is 0.814. The first-order valence-corrected chi connectivity index (χ1v) is 8.58. The van der Waals surface area contributed by atoms with Gasteiger partial charge in [-0.15, -0.1) is 0 Å². The Balaban J connectivity index is 2.43. The summed E-state index contributed by atoms with van der Waals surface area (Å²) in [7, 11) is 1.36. The zero-order chi connectivity index (χ0) is 16.8. The van der Waals surface area contributed by atoms with Crippen molar-refractivity contribution in [3.63, 3.8) is 0 Å². The Labute approximate surface area is 137 Å². The number of aryl methyl sites for hydroxylation is 1. The Morgan fingerprint density at radius 2 is 2.00 bits per heavy atom. The van der Waals surface area contributed by atoms with Crippen molar-refractivity contribution in [3.8, 4) is 0 Å². The molecule has 1 N–H and O–H groups in total. The zero-order valence-corrected chi connectivity index (χ0v) is 14.4. The minimum Gasteiger partial charge on any atom is -0.469 e. The molecule has 0 radical (unpaired) electrons. The van der Waals surface area contributed by atoms with Gasteiger partial charge in [-0.2, -0.15) is 0 Å². The second-order valence-electron chi connectivity index (χ2n) is 6.02. The minimum absolute atomic E-state index is 0.207. The van der Waals surface area contributed by atoms with Crippen LogP contribution in [-0.4, -0.2) is 36.1 Å². The lowest BCUT2D eigenvalue weighted by Gasteiger charge is -2.28. The number of hydrogen-bond donors (Lipinski definition) is 1. The molecular formula is C17H27N3O3. The number of ether oxygens (including phenoxy) is 1. The zero-order valence-electron chi connectivity index (χ0n) is 14.4. The predicted octanol–water partition coefficient (Wildman–Crippen LogP) is 2.38. The van der Waals surface area contributed by atoms with Gasteiger partial charge in [0, 0.05) is 13.1 Å². The molecule has 2 rings (SSSR count). The molecule has 6 nitrogen and oxygen atoms in total. The fourth-order valence-corrected chi connectivity index (χ4v) is 3.21. The van der Waals surface area contributed by atoms with Crippen LogP contribution in [0.2, 0.25) is 0 Å². The Hall–Kier alpha value is -1.85. The van der Waals surface area contributed by atoms with Crippen molar-refractivity contribution >= 4 is 11.9 Å². The van der Waals surface area contributed by atoms with E-state index in [4.69, 9.17) is 4.74 Å². The maximum atomic E-state index is 12.7. The van der Waals surface area contributed by atoms with Crippen molar-refractivity contribution in [2.24, 2.45) is 0 Å². The smallest absolute Gasteiger partial charge is 0.313 e. The summed E-state index contributed by atoms with van der Waals surface area (Å²) in [5, 5.41) is 0. The lowest BCUT2D eigenvalue weighted by Crippen LogP contribution is -2.34. The first kappa shape index (κ1) is 17.5. The van der Waals surface area contributed by atoms with Crippen LogP contribution in [0.5, 0.6) is 0 Å². The second-order valence-corrected chi connectivity index (χ2v) is 6.02. The molecule has 1 aliphatic rings. The van der Waals surface area contributed by atoms with Gasteiger partial charge in [-0.3, -0.25) is 14.6 Å². The topological polar surface area (TPSA) is 75.3 Å². The summed E-state index contributed by atoms with van der Waals surface area (Å²) in [4.78, 5) is 34.4. The van der Waals surface area contributed by atoms with E-state index in [0.717, 1.165) is 32.4 Å². The Morgan fingerprint density at radius 3 is 2.57 bits per heavy atom. The SMILES string of the molecule is CCCC(C(=O)OC)c1c(CC)nc(N2CCCCC2)[nH]c1=O. The summed E-state index contributed by atoms with van der Waals surface area (Å²) in [6, 6.07) is 0. The van der Waals surface area contributed by atoms with Crippen LogP contribution in [0.25, 0.3) is 0 Å². The number of aromatic amines is 1. The molecule has 0 spiro atoms. The van der Waals surface area contributed by atoms with E-state index in [1.165, 1.54) is 13.5 Å². The first-order valence-electron chi connectivity index (χ1n) is 8.58. The molecule has 1 aliphatic heterocycles. The third-order valence-electron chi connectivity index (χ3n) is 4.42. The van der Waals surface area contributed by atoms with Crippen molar-refractivity contribution in [1.29, 1.82) is 0 Å². The van der Waals surface area contributed by atoms with Gasteiger partial charge >= 0.3 is 5.97 Å². The van der Waals surface area contributed by atoms with Crippen molar-refractivity contribution in [3.05, 3.63) is 21.6 Å². The number of hydrogen-bond acceptors (Lipinski definition) is 5. The number of aromatic nitrogens is 2. The summed E-state index contributed by atoms with van der Waals surface area (Å²) in [6.45, 7) is 5.79. The van der Waals surface area contributed by atoms with E-state index >= 15 is 0 Å². The molecule has 6 heteroatoms. The monoisotopic (exact) mass is 321 g/mol. The maximum absolute atomic E-state index is 12.7. The molecule has 1 unspecified atom stereocenters. The van der Waals surface area contributed by atoms with Crippen LogP contribution in [-0.2, 0) is 16.0 Å². The fraction of sp³-hybridized carbons (Fsp3) is 0.706. The lowest BCUT2D eigenvalue weighted by molar-refractivity contribution is -0.142. The minimum atomic E-state index is -0.536. The van der Waals surface area contributed by atoms with Gasteiger partial charge in [0.05, 0.1) is 24.3 Å². The normalized spacial score (nSPS) is 16.2. The predicted molar refractivity (Wildman–Crippen MR) is 90.0 cm³/mol. The van der Waals surface area contributed by atoms with Crippen LogP contribution in [0.4, 0.5) is 5.95 Å². The molecule has 0 saturated carbocycles. The standard InChI is InChI=1S/C17H27N3O3/c1-4-9-12(16(22)23-3)14-13(5-2)18-17(19-15(14)21)20-10-7-6-8-11-20/h12H,4-11H2,1-3H3,(H,18,19,21). The number of nitrogens with zero attached hydrogens (tertiary/aromatic N) is 2. The van der Waals surface area contributed by atoms with Gasteiger partial charge in [-0.25, -0.2) is 4.98 Å². The summed E-state index contributed by atoms with van der Waals surface area (Å²) >= 11 is 0. The number of carbonyl (C=O) groups excluding carboxylic acids is 1. The summed E-state index contributed by atoms with van der Waals surface area (Å²) in [5.41, 5.74) is 0.974. The number of carbonyl (C=O) groups is 1. The molecule has 0 amide bonds. The number of nitrogens with one attached hydrogen (secondary N) is 1. The number of methoxy groups -OCH3 is 1. The van der Waals surface area contributed by atoms with E-state index in [0.29, 0.717) is 30.0 Å². The van der Waals surface area contributed by atoms with Gasteiger partial charge in [-0.05, 0) is 32.1 Å². The molecule has 0 aliphatic carbocycles. The van der Waals surface area contributed by atoms with Crippen LogP contribution in [0.1, 0.15) is 63.1 Å². The van der Waals surface area contributed by atoms with Crippen LogP contribution in [0, 0.1) is 0 Å². The summed E-state index contributed by atoms with van der Waals surface area (Å²) in [6.07, 6.45) is 5.47. The molecule has 128 valence electrons. The van der Waals surface area contributed by atoms with Crippen molar-refractivity contribution in [2.75, 3.05) is 25.1 Å². The van der Waals surface area contributed by atoms with Crippen molar-refractivity contribution < 1.29 is 9.53 Å². The van der Waals surface area contributed by atoms with E-state index in [2.05, 4.69) is 14.9 Å². The largest absolute Gasteiger partial charge is 0.469 e. The molecule has 2 heterocycles. The molecule has 0 aromatic carbocycles. The average Bonchev–Trinajstić information content (AvgIpc) is 2.59. The van der Waals surface area contributed by atoms with Crippen LogP contribution < -0.4 is 10.5 Å². The van der Waals surface area contributed by atoms with E-state index < -0.39 is 5.92 Å². The molecule has 1 saturated heterocycles. The van der Waals surface area contributed by atoms with Gasteiger partial charge in [0.2, 0.25) is 5.95 Å². The number of rotatable bonds is 6. The van der Waals surface area contributed by atoms with Gasteiger partial charge in [0.1, 0.15) is 0 Å². The molecule has 1 aromatic heterocycles. The highest BCUT2D eigenvalue weighted by Gasteiger charge is 2.28. The Bertz CT molecular complexity index is 591. The summed E-state index contributed by atoms with van der Waals surface area (Å²) in [5.74, 6) is -0.262. The van der Waals surface area contributed by atoms with E-state index in [1.807, 2.05) is 13.8 Å². The number of esters is 1. The maximum Gasteiger partial charge on any atom is 0.313 e. The Kier molecular flexibility index (Phi) is 6.19. The van der Waals surface area contributed by atoms with E-state index in [-0.39, 0.29) is 11.5 Å². The second kappa shape index (κ2) is 8.13. The molecule has 1 fully saturated rings. The Morgan fingerprint density at radius 1 is 1.30 bits per heavy atom. The summed E-state index contributed by atoms with van der Waals surface area (Å²) < 4.78 is 4.89. The fourth-order valence-electron chi connectivity index (χ4n) is 3.21. The van der Waals surface area contributed by atoms with Crippen LogP contribution in [0.3, 0.4) is 0 Å². The number of H-pyrrole nitrogens is 1. The van der Waals surface area contributed by atoms with Gasteiger partial charge in [0.15, 0.2) is 0 Å². The van der Waals surface area contributed by atoms with E-state index in [1.54, 1.807) is 0 Å². The highest BCUT2D eigenvalue weighted by atomic mass is 16.5. The van der Waals surface area contributed by atoms with Crippen LogP contribution in [0.15, 0.2) is 4.79 Å². The van der Waals surface area contributed by atoms with Gasteiger partial charge in [-0.1, -0.05) is 20.3 Å². The molecule has 1 aromatic rings.